The van der Waals surface area contributed by atoms with Gasteiger partial charge in [-0.15, -0.1) is 0 Å². The third-order valence-corrected chi connectivity index (χ3v) is 2.59. The Balaban J connectivity index is 2.45. The molecule has 0 saturated heterocycles. The molecular formula is C11H11ClN4O. The van der Waals surface area contributed by atoms with Crippen molar-refractivity contribution in [1.29, 1.82) is 0 Å². The molecule has 0 radical (unpaired) electrons. The van der Waals surface area contributed by atoms with Crippen molar-refractivity contribution in [2.24, 2.45) is 10.9 Å². The van der Waals surface area contributed by atoms with Crippen LogP contribution in [-0.2, 0) is 0 Å². The minimum atomic E-state index is 0.0816. The number of amidine groups is 1. The topological polar surface area (TPSA) is 76.4 Å². The van der Waals surface area contributed by atoms with Crippen molar-refractivity contribution in [3.8, 4) is 5.69 Å². The fourth-order valence-electron chi connectivity index (χ4n) is 1.56. The largest absolute Gasteiger partial charge is 0.409 e. The fourth-order valence-corrected chi connectivity index (χ4v) is 1.70. The third-order valence-electron chi connectivity index (χ3n) is 2.40. The van der Waals surface area contributed by atoms with E-state index in [1.165, 1.54) is 0 Å². The molecule has 17 heavy (non-hydrogen) atoms. The summed E-state index contributed by atoms with van der Waals surface area (Å²) in [6.45, 7) is 1.92. The van der Waals surface area contributed by atoms with Crippen LogP contribution in [0.5, 0.6) is 0 Å². The second-order valence-corrected chi connectivity index (χ2v) is 4.03. The molecule has 0 aliphatic carbocycles. The predicted octanol–water partition coefficient (Wildman–Crippen LogP) is 1.93. The van der Waals surface area contributed by atoms with Gasteiger partial charge in [0.15, 0.2) is 5.84 Å². The highest BCUT2D eigenvalue weighted by molar-refractivity contribution is 6.30. The second kappa shape index (κ2) is 4.47. The molecule has 1 aromatic heterocycles. The van der Waals surface area contributed by atoms with Gasteiger partial charge in [-0.3, -0.25) is 0 Å². The number of aromatic nitrogens is 2. The van der Waals surface area contributed by atoms with E-state index in [9.17, 15) is 0 Å². The highest BCUT2D eigenvalue weighted by Crippen LogP contribution is 2.17. The summed E-state index contributed by atoms with van der Waals surface area (Å²) in [5.41, 5.74) is 8.02. The van der Waals surface area contributed by atoms with Gasteiger partial charge in [-0.1, -0.05) is 16.8 Å². The summed E-state index contributed by atoms with van der Waals surface area (Å²) in [7, 11) is 0. The lowest BCUT2D eigenvalue weighted by Gasteiger charge is -2.07. The Kier molecular flexibility index (Phi) is 3.01. The number of nitrogens with two attached hydrogens (primary N) is 1. The summed E-state index contributed by atoms with van der Waals surface area (Å²) < 4.78 is 1.67. The molecule has 0 aliphatic rings. The molecule has 5 nitrogen and oxygen atoms in total. The van der Waals surface area contributed by atoms with Crippen LogP contribution in [0.2, 0.25) is 5.02 Å². The van der Waals surface area contributed by atoms with Crippen LogP contribution in [0.25, 0.3) is 5.69 Å². The number of aryl methyl sites for hydroxylation is 1. The number of rotatable bonds is 2. The number of benzene rings is 1. The fraction of sp³-hybridized carbons (Fsp3) is 0.0909. The van der Waals surface area contributed by atoms with Crippen LogP contribution < -0.4 is 5.73 Å². The summed E-state index contributed by atoms with van der Waals surface area (Å²) in [6.07, 6.45) is 3.28. The summed E-state index contributed by atoms with van der Waals surface area (Å²) in [5.74, 6) is 0.0816. The zero-order valence-corrected chi connectivity index (χ0v) is 9.89. The molecule has 2 rings (SSSR count). The van der Waals surface area contributed by atoms with E-state index < -0.39 is 0 Å². The molecule has 0 aliphatic heterocycles. The SMILES string of the molecule is Cc1cc(/C(N)=N/O)ccc1-n1cc(Cl)cn1. The van der Waals surface area contributed by atoms with Gasteiger partial charge in [0.05, 0.1) is 16.9 Å². The maximum atomic E-state index is 8.60. The van der Waals surface area contributed by atoms with Gasteiger partial charge in [-0.2, -0.15) is 5.10 Å². The van der Waals surface area contributed by atoms with Crippen molar-refractivity contribution in [1.82, 2.24) is 9.78 Å². The van der Waals surface area contributed by atoms with E-state index in [4.69, 9.17) is 22.5 Å². The molecule has 0 spiro atoms. The van der Waals surface area contributed by atoms with Gasteiger partial charge < -0.3 is 10.9 Å². The maximum Gasteiger partial charge on any atom is 0.170 e. The minimum absolute atomic E-state index is 0.0816. The molecule has 88 valence electrons. The average molecular weight is 251 g/mol. The first kappa shape index (κ1) is 11.5. The van der Waals surface area contributed by atoms with E-state index in [-0.39, 0.29) is 5.84 Å². The van der Waals surface area contributed by atoms with Gasteiger partial charge in [0.25, 0.3) is 0 Å². The summed E-state index contributed by atoms with van der Waals surface area (Å²) in [6, 6.07) is 5.42. The number of nitrogens with zero attached hydrogens (tertiary/aromatic N) is 3. The first-order valence-electron chi connectivity index (χ1n) is 4.91. The van der Waals surface area contributed by atoms with Crippen molar-refractivity contribution in [3.63, 3.8) is 0 Å². The monoisotopic (exact) mass is 250 g/mol. The molecule has 3 N–H and O–H groups in total. The van der Waals surface area contributed by atoms with Gasteiger partial charge in [-0.05, 0) is 30.7 Å². The van der Waals surface area contributed by atoms with Crippen LogP contribution in [-0.4, -0.2) is 20.8 Å². The Hall–Kier alpha value is -2.01. The molecule has 0 saturated carbocycles. The van der Waals surface area contributed by atoms with E-state index in [0.717, 1.165) is 11.3 Å². The van der Waals surface area contributed by atoms with E-state index in [1.807, 2.05) is 19.1 Å². The number of hydrogen-bond donors (Lipinski definition) is 2. The Bertz CT molecular complexity index is 577. The Labute approximate surface area is 103 Å². The number of halogens is 1. The summed E-state index contributed by atoms with van der Waals surface area (Å²) in [5, 5.41) is 16.2. The molecule has 0 fully saturated rings. The van der Waals surface area contributed by atoms with Crippen molar-refractivity contribution in [2.75, 3.05) is 0 Å². The zero-order chi connectivity index (χ0) is 12.4. The lowest BCUT2D eigenvalue weighted by molar-refractivity contribution is 0.318. The molecule has 0 atom stereocenters. The molecule has 6 heteroatoms. The van der Waals surface area contributed by atoms with Gasteiger partial charge in [0.2, 0.25) is 0 Å². The Morgan fingerprint density at radius 3 is 2.82 bits per heavy atom. The average Bonchev–Trinajstić information content (AvgIpc) is 2.74. The Morgan fingerprint density at radius 1 is 1.53 bits per heavy atom. The van der Waals surface area contributed by atoms with Crippen LogP contribution in [0.15, 0.2) is 35.7 Å². The maximum absolute atomic E-state index is 8.60. The van der Waals surface area contributed by atoms with E-state index in [1.54, 1.807) is 23.1 Å². The lowest BCUT2D eigenvalue weighted by Crippen LogP contribution is -2.13. The van der Waals surface area contributed by atoms with Crippen molar-refractivity contribution >= 4 is 17.4 Å². The molecule has 0 bridgehead atoms. The highest BCUT2D eigenvalue weighted by atomic mass is 35.5. The first-order valence-corrected chi connectivity index (χ1v) is 5.28. The predicted molar refractivity (Wildman–Crippen MR) is 65.8 cm³/mol. The Morgan fingerprint density at radius 2 is 2.29 bits per heavy atom. The third kappa shape index (κ3) is 2.24. The first-order chi connectivity index (χ1) is 8.11. The van der Waals surface area contributed by atoms with Crippen LogP contribution in [0.3, 0.4) is 0 Å². The van der Waals surface area contributed by atoms with E-state index in [0.29, 0.717) is 10.6 Å². The zero-order valence-electron chi connectivity index (χ0n) is 9.13. The quantitative estimate of drug-likeness (QED) is 0.370. The van der Waals surface area contributed by atoms with Gasteiger partial charge in [-0.25, -0.2) is 4.68 Å². The van der Waals surface area contributed by atoms with Crippen LogP contribution in [0, 0.1) is 6.92 Å². The smallest absolute Gasteiger partial charge is 0.170 e. The standard InChI is InChI=1S/C11H11ClN4O/c1-7-4-8(11(13)15-17)2-3-10(7)16-6-9(12)5-14-16/h2-6,17H,1H3,(H2,13,15). The van der Waals surface area contributed by atoms with E-state index in [2.05, 4.69) is 10.3 Å². The second-order valence-electron chi connectivity index (χ2n) is 3.59. The normalized spacial score (nSPS) is 11.8. The molecule has 2 aromatic rings. The number of hydrogen-bond acceptors (Lipinski definition) is 3. The van der Waals surface area contributed by atoms with Gasteiger partial charge in [0, 0.05) is 11.8 Å². The molecule has 0 unspecified atom stereocenters. The molecular weight excluding hydrogens is 240 g/mol. The molecule has 0 amide bonds. The van der Waals surface area contributed by atoms with Crippen LogP contribution in [0.1, 0.15) is 11.1 Å². The number of oxime groups is 1. The summed E-state index contributed by atoms with van der Waals surface area (Å²) in [4.78, 5) is 0. The van der Waals surface area contributed by atoms with Crippen molar-refractivity contribution in [3.05, 3.63) is 46.7 Å². The van der Waals surface area contributed by atoms with Crippen molar-refractivity contribution < 1.29 is 5.21 Å². The van der Waals surface area contributed by atoms with Gasteiger partial charge in [0.1, 0.15) is 0 Å². The van der Waals surface area contributed by atoms with E-state index >= 15 is 0 Å². The molecule has 1 heterocycles. The summed E-state index contributed by atoms with van der Waals surface area (Å²) >= 11 is 5.81. The van der Waals surface area contributed by atoms with Crippen LogP contribution in [0.4, 0.5) is 0 Å². The van der Waals surface area contributed by atoms with Crippen molar-refractivity contribution in [2.45, 2.75) is 6.92 Å². The minimum Gasteiger partial charge on any atom is -0.409 e. The van der Waals surface area contributed by atoms with Gasteiger partial charge >= 0.3 is 0 Å². The molecule has 1 aromatic carbocycles. The highest BCUT2D eigenvalue weighted by Gasteiger charge is 2.06. The lowest BCUT2D eigenvalue weighted by atomic mass is 10.1. The van der Waals surface area contributed by atoms with Crippen LogP contribution >= 0.6 is 11.6 Å².